The average molecular weight is 468 g/mol. The smallest absolute Gasteiger partial charge is 0.254 e. The molecule has 9 heteroatoms. The molecule has 1 N–H and O–H groups in total. The van der Waals surface area contributed by atoms with Crippen molar-refractivity contribution in [2.45, 2.75) is 25.5 Å². The number of likely N-dealkylation sites (tertiary alicyclic amines) is 1. The number of nitrogens with one attached hydrogen (secondary N) is 1. The van der Waals surface area contributed by atoms with Crippen molar-refractivity contribution < 1.29 is 23.8 Å². The van der Waals surface area contributed by atoms with E-state index in [4.69, 9.17) is 14.2 Å². The first-order valence-corrected chi connectivity index (χ1v) is 11.4. The average Bonchev–Trinajstić information content (AvgIpc) is 3.54. The number of rotatable bonds is 8. The molecule has 4 rings (SSSR count). The second-order valence-corrected chi connectivity index (χ2v) is 8.36. The lowest BCUT2D eigenvalue weighted by Crippen LogP contribution is -2.43. The quantitative estimate of drug-likeness (QED) is 0.539. The highest BCUT2D eigenvalue weighted by molar-refractivity contribution is 7.13. The van der Waals surface area contributed by atoms with E-state index in [-0.39, 0.29) is 11.8 Å². The van der Waals surface area contributed by atoms with Crippen molar-refractivity contribution in [1.29, 1.82) is 0 Å². The number of methoxy groups -OCH3 is 2. The highest BCUT2D eigenvalue weighted by atomic mass is 32.1. The van der Waals surface area contributed by atoms with Crippen LogP contribution in [0.15, 0.2) is 54.0 Å². The fourth-order valence-electron chi connectivity index (χ4n) is 3.80. The van der Waals surface area contributed by atoms with Crippen molar-refractivity contribution in [3.05, 3.63) is 65.2 Å². The Hall–Kier alpha value is -3.59. The predicted molar refractivity (Wildman–Crippen MR) is 125 cm³/mol. The molecule has 1 fully saturated rings. The van der Waals surface area contributed by atoms with Gasteiger partial charge in [-0.3, -0.25) is 9.59 Å². The molecule has 1 aliphatic heterocycles. The summed E-state index contributed by atoms with van der Waals surface area (Å²) in [5.41, 5.74) is 1.36. The standard InChI is InChI=1S/C24H25N3O5S/c1-30-19-13-17(14-20(31-2)21(19)32-15-16-7-4-3-5-8-16)23(29)27-11-6-9-18(27)22(28)26-24-25-10-12-33-24/h3-5,7-8,10,12-14,18H,6,9,11,15H2,1-2H3,(H,25,26,28)/t18-/m1/s1. The van der Waals surface area contributed by atoms with E-state index in [9.17, 15) is 9.59 Å². The molecule has 2 amide bonds. The Morgan fingerprint density at radius 2 is 1.88 bits per heavy atom. The van der Waals surface area contributed by atoms with Crippen LogP contribution in [-0.2, 0) is 11.4 Å². The van der Waals surface area contributed by atoms with Gasteiger partial charge in [0.1, 0.15) is 12.6 Å². The van der Waals surface area contributed by atoms with Crippen LogP contribution in [0.3, 0.4) is 0 Å². The molecule has 0 saturated carbocycles. The van der Waals surface area contributed by atoms with Gasteiger partial charge < -0.3 is 24.4 Å². The van der Waals surface area contributed by atoms with Crippen LogP contribution in [0.1, 0.15) is 28.8 Å². The van der Waals surface area contributed by atoms with E-state index in [1.807, 2.05) is 30.3 Å². The van der Waals surface area contributed by atoms with Gasteiger partial charge in [0.05, 0.1) is 14.2 Å². The van der Waals surface area contributed by atoms with Crippen molar-refractivity contribution in [1.82, 2.24) is 9.88 Å². The Morgan fingerprint density at radius 3 is 2.52 bits per heavy atom. The zero-order valence-electron chi connectivity index (χ0n) is 18.4. The monoisotopic (exact) mass is 467 g/mol. The molecule has 0 radical (unpaired) electrons. The molecule has 1 saturated heterocycles. The largest absolute Gasteiger partial charge is 0.493 e. The summed E-state index contributed by atoms with van der Waals surface area (Å²) in [6, 6.07) is 12.4. The highest BCUT2D eigenvalue weighted by Crippen LogP contribution is 2.40. The maximum Gasteiger partial charge on any atom is 0.254 e. The molecular formula is C24H25N3O5S. The minimum absolute atomic E-state index is 0.238. The normalized spacial score (nSPS) is 15.2. The molecule has 2 aromatic carbocycles. The number of carbonyl (C=O) groups is 2. The Balaban J connectivity index is 1.54. The number of carbonyl (C=O) groups excluding carboxylic acids is 2. The van der Waals surface area contributed by atoms with Crippen molar-refractivity contribution in [2.24, 2.45) is 0 Å². The minimum Gasteiger partial charge on any atom is -0.493 e. The maximum absolute atomic E-state index is 13.4. The van der Waals surface area contributed by atoms with Gasteiger partial charge in [-0.05, 0) is 30.5 Å². The zero-order chi connectivity index (χ0) is 23.2. The van der Waals surface area contributed by atoms with Crippen LogP contribution in [0.2, 0.25) is 0 Å². The summed E-state index contributed by atoms with van der Waals surface area (Å²) in [5, 5.41) is 5.09. The summed E-state index contributed by atoms with van der Waals surface area (Å²) in [7, 11) is 3.02. The minimum atomic E-state index is -0.563. The zero-order valence-corrected chi connectivity index (χ0v) is 19.3. The molecule has 1 aliphatic rings. The lowest BCUT2D eigenvalue weighted by atomic mass is 10.1. The maximum atomic E-state index is 13.4. The summed E-state index contributed by atoms with van der Waals surface area (Å²) in [6.45, 7) is 0.817. The molecular weight excluding hydrogens is 442 g/mol. The van der Waals surface area contributed by atoms with Crippen LogP contribution in [0.5, 0.6) is 17.2 Å². The molecule has 1 atom stereocenters. The Kier molecular flexibility index (Phi) is 7.09. The molecule has 2 heterocycles. The van der Waals surface area contributed by atoms with Gasteiger partial charge in [0.15, 0.2) is 16.6 Å². The van der Waals surface area contributed by atoms with Gasteiger partial charge in [-0.15, -0.1) is 11.3 Å². The number of nitrogens with zero attached hydrogens (tertiary/aromatic N) is 2. The van der Waals surface area contributed by atoms with Crippen molar-refractivity contribution in [3.63, 3.8) is 0 Å². The third-order valence-electron chi connectivity index (χ3n) is 5.41. The fraction of sp³-hybridized carbons (Fsp3) is 0.292. The Bertz CT molecular complexity index is 1080. The van der Waals surface area contributed by atoms with E-state index in [1.54, 1.807) is 28.6 Å². The summed E-state index contributed by atoms with van der Waals surface area (Å²) in [6.07, 6.45) is 2.96. The van der Waals surface area contributed by atoms with Gasteiger partial charge in [0.25, 0.3) is 5.91 Å². The summed E-state index contributed by atoms with van der Waals surface area (Å²) < 4.78 is 17.0. The van der Waals surface area contributed by atoms with Crippen LogP contribution in [0, 0.1) is 0 Å². The molecule has 0 unspecified atom stereocenters. The molecule has 3 aromatic rings. The first-order chi connectivity index (χ1) is 16.1. The van der Waals surface area contributed by atoms with Crippen molar-refractivity contribution in [2.75, 3.05) is 26.1 Å². The lowest BCUT2D eigenvalue weighted by molar-refractivity contribution is -0.119. The highest BCUT2D eigenvalue weighted by Gasteiger charge is 2.35. The Labute approximate surface area is 196 Å². The molecule has 0 aliphatic carbocycles. The van der Waals surface area contributed by atoms with E-state index >= 15 is 0 Å². The van der Waals surface area contributed by atoms with Gasteiger partial charge in [-0.1, -0.05) is 30.3 Å². The number of hydrogen-bond acceptors (Lipinski definition) is 7. The number of aromatic nitrogens is 1. The van der Waals surface area contributed by atoms with Gasteiger partial charge >= 0.3 is 0 Å². The number of anilines is 1. The van der Waals surface area contributed by atoms with Gasteiger partial charge in [0.2, 0.25) is 11.7 Å². The third-order valence-corrected chi connectivity index (χ3v) is 6.10. The van der Waals surface area contributed by atoms with Gasteiger partial charge in [-0.2, -0.15) is 0 Å². The van der Waals surface area contributed by atoms with Crippen LogP contribution in [0.25, 0.3) is 0 Å². The van der Waals surface area contributed by atoms with Crippen molar-refractivity contribution >= 4 is 28.3 Å². The van der Waals surface area contributed by atoms with Crippen LogP contribution >= 0.6 is 11.3 Å². The number of benzene rings is 2. The van der Waals surface area contributed by atoms with Crippen LogP contribution in [0.4, 0.5) is 5.13 Å². The second kappa shape index (κ2) is 10.4. The van der Waals surface area contributed by atoms with Gasteiger partial charge in [-0.25, -0.2) is 4.98 Å². The second-order valence-electron chi connectivity index (χ2n) is 7.47. The van der Waals surface area contributed by atoms with E-state index in [0.717, 1.165) is 12.0 Å². The number of ether oxygens (including phenoxy) is 3. The molecule has 33 heavy (non-hydrogen) atoms. The SMILES string of the molecule is COc1cc(C(=O)N2CCC[C@@H]2C(=O)Nc2nccs2)cc(OC)c1OCc1ccccc1. The fourth-order valence-corrected chi connectivity index (χ4v) is 4.33. The molecule has 1 aromatic heterocycles. The van der Waals surface area contributed by atoms with E-state index in [1.165, 1.54) is 25.6 Å². The third kappa shape index (κ3) is 5.09. The van der Waals surface area contributed by atoms with Crippen LogP contribution < -0.4 is 19.5 Å². The predicted octanol–water partition coefficient (Wildman–Crippen LogP) is 3.98. The summed E-state index contributed by atoms with van der Waals surface area (Å²) >= 11 is 1.34. The molecule has 8 nitrogen and oxygen atoms in total. The van der Waals surface area contributed by atoms with Crippen LogP contribution in [-0.4, -0.2) is 48.5 Å². The molecule has 0 spiro atoms. The van der Waals surface area contributed by atoms with E-state index in [2.05, 4.69) is 10.3 Å². The van der Waals surface area contributed by atoms with Gasteiger partial charge in [0, 0.05) is 23.7 Å². The topological polar surface area (TPSA) is 90.0 Å². The molecule has 0 bridgehead atoms. The Morgan fingerprint density at radius 1 is 1.15 bits per heavy atom. The first kappa shape index (κ1) is 22.6. The molecule has 172 valence electrons. The van der Waals surface area contributed by atoms with Crippen molar-refractivity contribution in [3.8, 4) is 17.2 Å². The number of amides is 2. The summed E-state index contributed by atoms with van der Waals surface area (Å²) in [4.78, 5) is 31.8. The number of hydrogen-bond donors (Lipinski definition) is 1. The number of thiazole rings is 1. The lowest BCUT2D eigenvalue weighted by Gasteiger charge is -2.24. The van der Waals surface area contributed by atoms with E-state index < -0.39 is 6.04 Å². The van der Waals surface area contributed by atoms with E-state index in [0.29, 0.717) is 47.5 Å². The summed E-state index contributed by atoms with van der Waals surface area (Å²) in [5.74, 6) is 0.684. The first-order valence-electron chi connectivity index (χ1n) is 10.5.